The minimum Gasteiger partial charge on any atom is -0.374 e. The summed E-state index contributed by atoms with van der Waals surface area (Å²) in [6.45, 7) is 3.27. The Kier molecular flexibility index (Phi) is 6.45. The standard InChI is InChI=1S/C18H26N2O2.ClH/c1-13-11-20(18(21)10-15-8-5-9-16(15)19)17(12-22-13)14-6-3-2-4-7-14;/h2-4,6-7,13,15-17H,5,8-12,19H2,1H3;1H/t13?,15-,16+,17?;/m0./s1. The Labute approximate surface area is 144 Å². The van der Waals surface area contributed by atoms with Crippen LogP contribution in [0.5, 0.6) is 0 Å². The zero-order chi connectivity index (χ0) is 15.5. The molecule has 1 aromatic rings. The van der Waals surface area contributed by atoms with Crippen molar-refractivity contribution in [1.29, 1.82) is 0 Å². The van der Waals surface area contributed by atoms with Crippen LogP contribution in [0.15, 0.2) is 30.3 Å². The lowest BCUT2D eigenvalue weighted by atomic mass is 9.97. The van der Waals surface area contributed by atoms with E-state index in [1.54, 1.807) is 0 Å². The van der Waals surface area contributed by atoms with E-state index in [2.05, 4.69) is 12.1 Å². The minimum atomic E-state index is 0. The molecule has 2 aliphatic rings. The highest BCUT2D eigenvalue weighted by molar-refractivity contribution is 5.85. The van der Waals surface area contributed by atoms with Crippen molar-refractivity contribution in [3.05, 3.63) is 35.9 Å². The number of rotatable bonds is 3. The van der Waals surface area contributed by atoms with Gasteiger partial charge in [0, 0.05) is 19.0 Å². The van der Waals surface area contributed by atoms with Crippen LogP contribution >= 0.6 is 12.4 Å². The molecule has 4 nitrogen and oxygen atoms in total. The average Bonchev–Trinajstić information content (AvgIpc) is 2.93. The predicted octanol–water partition coefficient (Wildman–Crippen LogP) is 2.91. The van der Waals surface area contributed by atoms with E-state index in [4.69, 9.17) is 10.5 Å². The second-order valence-electron chi connectivity index (χ2n) is 6.68. The van der Waals surface area contributed by atoms with E-state index < -0.39 is 0 Å². The fourth-order valence-electron chi connectivity index (χ4n) is 3.69. The van der Waals surface area contributed by atoms with Gasteiger partial charge in [0.1, 0.15) is 0 Å². The van der Waals surface area contributed by atoms with E-state index in [-0.39, 0.29) is 36.5 Å². The molecule has 1 amide bonds. The Bertz CT molecular complexity index is 511. The first-order valence-electron chi connectivity index (χ1n) is 8.36. The highest BCUT2D eigenvalue weighted by atomic mass is 35.5. The normalized spacial score (nSPS) is 30.8. The summed E-state index contributed by atoms with van der Waals surface area (Å²) >= 11 is 0. The van der Waals surface area contributed by atoms with Gasteiger partial charge in [-0.15, -0.1) is 12.4 Å². The maximum atomic E-state index is 12.8. The number of amides is 1. The molecule has 1 aliphatic heterocycles. The lowest BCUT2D eigenvalue weighted by molar-refractivity contribution is -0.145. The summed E-state index contributed by atoms with van der Waals surface area (Å²) in [6.07, 6.45) is 3.97. The number of halogens is 1. The molecule has 5 heteroatoms. The van der Waals surface area contributed by atoms with Gasteiger partial charge in [-0.05, 0) is 31.2 Å². The van der Waals surface area contributed by atoms with Crippen LogP contribution in [0.4, 0.5) is 0 Å². The van der Waals surface area contributed by atoms with Gasteiger partial charge in [-0.25, -0.2) is 0 Å². The number of morpholine rings is 1. The van der Waals surface area contributed by atoms with Crippen molar-refractivity contribution < 1.29 is 9.53 Å². The van der Waals surface area contributed by atoms with E-state index in [1.165, 1.54) is 0 Å². The summed E-state index contributed by atoms with van der Waals surface area (Å²) in [5, 5.41) is 0. The van der Waals surface area contributed by atoms with Crippen molar-refractivity contribution in [2.45, 2.75) is 50.8 Å². The van der Waals surface area contributed by atoms with Gasteiger partial charge in [-0.3, -0.25) is 4.79 Å². The van der Waals surface area contributed by atoms with Crippen molar-refractivity contribution in [3.63, 3.8) is 0 Å². The molecule has 3 rings (SSSR count). The number of carbonyl (C=O) groups excluding carboxylic acids is 1. The topological polar surface area (TPSA) is 55.6 Å². The smallest absolute Gasteiger partial charge is 0.223 e. The monoisotopic (exact) mass is 338 g/mol. The Balaban J connectivity index is 0.00000192. The van der Waals surface area contributed by atoms with Crippen LogP contribution in [0.3, 0.4) is 0 Å². The highest BCUT2D eigenvalue weighted by Gasteiger charge is 2.34. The fourth-order valence-corrected chi connectivity index (χ4v) is 3.69. The molecule has 0 radical (unpaired) electrons. The van der Waals surface area contributed by atoms with E-state index in [1.807, 2.05) is 30.0 Å². The number of hydrogen-bond donors (Lipinski definition) is 1. The van der Waals surface area contributed by atoms with Crippen molar-refractivity contribution in [1.82, 2.24) is 4.90 Å². The van der Waals surface area contributed by atoms with Gasteiger partial charge in [-0.1, -0.05) is 36.8 Å². The summed E-state index contributed by atoms with van der Waals surface area (Å²) in [6, 6.07) is 10.4. The maximum absolute atomic E-state index is 12.8. The van der Waals surface area contributed by atoms with Crippen molar-refractivity contribution in [2.24, 2.45) is 11.7 Å². The Morgan fingerprint density at radius 3 is 2.70 bits per heavy atom. The number of nitrogens with zero attached hydrogens (tertiary/aromatic N) is 1. The Morgan fingerprint density at radius 1 is 1.30 bits per heavy atom. The van der Waals surface area contributed by atoms with Crippen molar-refractivity contribution in [2.75, 3.05) is 13.2 Å². The molecule has 1 aromatic carbocycles. The molecule has 1 saturated carbocycles. The summed E-state index contributed by atoms with van der Waals surface area (Å²) in [7, 11) is 0. The largest absolute Gasteiger partial charge is 0.374 e. The molecular weight excluding hydrogens is 312 g/mol. The Hall–Kier alpha value is -1.10. The third kappa shape index (κ3) is 4.25. The molecule has 1 aliphatic carbocycles. The van der Waals surface area contributed by atoms with Gasteiger partial charge in [0.15, 0.2) is 0 Å². The first-order chi connectivity index (χ1) is 10.6. The molecule has 1 saturated heterocycles. The second kappa shape index (κ2) is 8.13. The average molecular weight is 339 g/mol. The van der Waals surface area contributed by atoms with Crippen LogP contribution in [-0.2, 0) is 9.53 Å². The molecule has 0 aromatic heterocycles. The molecule has 1 heterocycles. The molecular formula is C18H27ClN2O2. The molecule has 2 fully saturated rings. The van der Waals surface area contributed by atoms with E-state index in [0.29, 0.717) is 25.5 Å². The molecule has 23 heavy (non-hydrogen) atoms. The summed E-state index contributed by atoms with van der Waals surface area (Å²) in [5.41, 5.74) is 7.29. The summed E-state index contributed by atoms with van der Waals surface area (Å²) in [5.74, 6) is 0.577. The van der Waals surface area contributed by atoms with Gasteiger partial charge in [-0.2, -0.15) is 0 Å². The minimum absolute atomic E-state index is 0. The number of hydrogen-bond acceptors (Lipinski definition) is 3. The number of benzene rings is 1. The number of ether oxygens (including phenoxy) is 1. The van der Waals surface area contributed by atoms with Gasteiger partial charge < -0.3 is 15.4 Å². The van der Waals surface area contributed by atoms with Gasteiger partial charge in [0.05, 0.1) is 18.8 Å². The third-order valence-corrected chi connectivity index (χ3v) is 5.03. The molecule has 2 unspecified atom stereocenters. The zero-order valence-corrected chi connectivity index (χ0v) is 14.5. The highest BCUT2D eigenvalue weighted by Crippen LogP contribution is 2.31. The van der Waals surface area contributed by atoms with Crippen LogP contribution in [0.2, 0.25) is 0 Å². The molecule has 0 bridgehead atoms. The van der Waals surface area contributed by atoms with Crippen LogP contribution in [0.25, 0.3) is 0 Å². The predicted molar refractivity (Wildman–Crippen MR) is 93.5 cm³/mol. The van der Waals surface area contributed by atoms with E-state index in [9.17, 15) is 4.79 Å². The summed E-state index contributed by atoms with van der Waals surface area (Å²) < 4.78 is 5.80. The molecule has 4 atom stereocenters. The lowest BCUT2D eigenvalue weighted by Crippen LogP contribution is -2.47. The van der Waals surface area contributed by atoms with Gasteiger partial charge >= 0.3 is 0 Å². The number of nitrogens with two attached hydrogens (primary N) is 1. The van der Waals surface area contributed by atoms with Crippen LogP contribution in [-0.4, -0.2) is 36.1 Å². The van der Waals surface area contributed by atoms with E-state index >= 15 is 0 Å². The quantitative estimate of drug-likeness (QED) is 0.922. The Morgan fingerprint density at radius 2 is 2.04 bits per heavy atom. The van der Waals surface area contributed by atoms with Crippen LogP contribution < -0.4 is 5.73 Å². The van der Waals surface area contributed by atoms with Crippen LogP contribution in [0.1, 0.15) is 44.2 Å². The zero-order valence-electron chi connectivity index (χ0n) is 13.7. The van der Waals surface area contributed by atoms with Crippen LogP contribution in [0, 0.1) is 5.92 Å². The van der Waals surface area contributed by atoms with Gasteiger partial charge in [0.25, 0.3) is 0 Å². The molecule has 128 valence electrons. The second-order valence-corrected chi connectivity index (χ2v) is 6.68. The van der Waals surface area contributed by atoms with E-state index in [0.717, 1.165) is 24.8 Å². The third-order valence-electron chi connectivity index (χ3n) is 5.03. The van der Waals surface area contributed by atoms with Crippen molar-refractivity contribution in [3.8, 4) is 0 Å². The van der Waals surface area contributed by atoms with Crippen molar-refractivity contribution >= 4 is 18.3 Å². The fraction of sp³-hybridized carbons (Fsp3) is 0.611. The summed E-state index contributed by atoms with van der Waals surface area (Å²) in [4.78, 5) is 14.9. The maximum Gasteiger partial charge on any atom is 0.223 e. The van der Waals surface area contributed by atoms with Gasteiger partial charge in [0.2, 0.25) is 5.91 Å². The SMILES string of the molecule is CC1CN(C(=O)C[C@@H]2CCC[C@H]2N)C(c2ccccc2)CO1.Cl. The first kappa shape index (κ1) is 18.2. The lowest BCUT2D eigenvalue weighted by Gasteiger charge is -2.39. The number of carbonyl (C=O) groups is 1. The first-order valence-corrected chi connectivity index (χ1v) is 8.36. The molecule has 0 spiro atoms. The molecule has 2 N–H and O–H groups in total.